The highest BCUT2D eigenvalue weighted by atomic mass is 15.6. The van der Waals surface area contributed by atoms with Crippen molar-refractivity contribution in [2.45, 2.75) is 70.5 Å². The van der Waals surface area contributed by atoms with Crippen LogP contribution in [0, 0.1) is 0 Å². The van der Waals surface area contributed by atoms with Gasteiger partial charge in [0.2, 0.25) is 0 Å². The molecule has 1 saturated carbocycles. The van der Waals surface area contributed by atoms with E-state index < -0.39 is 0 Å². The normalized spacial score (nSPS) is 21.7. The van der Waals surface area contributed by atoms with Gasteiger partial charge in [0.1, 0.15) is 0 Å². The van der Waals surface area contributed by atoms with Gasteiger partial charge in [0.05, 0.1) is 11.6 Å². The topological polar surface area (TPSA) is 50.1 Å². The lowest BCUT2D eigenvalue weighted by Gasteiger charge is -2.43. The minimum absolute atomic E-state index is 0.101. The molecule has 2 aromatic rings. The summed E-state index contributed by atoms with van der Waals surface area (Å²) in [6, 6.07) is 11.6. The number of aromatic nitrogens is 4. The fourth-order valence-electron chi connectivity index (χ4n) is 4.81. The molecule has 0 radical (unpaired) electrons. The number of tetrazole rings is 1. The van der Waals surface area contributed by atoms with E-state index in [0.717, 1.165) is 38.0 Å². The van der Waals surface area contributed by atoms with Crippen LogP contribution in [0.5, 0.6) is 0 Å². The first-order chi connectivity index (χ1) is 13.5. The first-order valence-electron chi connectivity index (χ1n) is 10.9. The van der Waals surface area contributed by atoms with E-state index in [1.54, 1.807) is 0 Å². The third kappa shape index (κ3) is 4.13. The van der Waals surface area contributed by atoms with Crippen LogP contribution in [0.25, 0.3) is 0 Å². The van der Waals surface area contributed by atoms with Gasteiger partial charge in [-0.05, 0) is 49.6 Å². The first kappa shape index (κ1) is 19.5. The number of rotatable bonds is 4. The van der Waals surface area contributed by atoms with Crippen molar-refractivity contribution in [2.75, 3.05) is 26.2 Å². The van der Waals surface area contributed by atoms with Crippen molar-refractivity contribution in [3.8, 4) is 0 Å². The van der Waals surface area contributed by atoms with E-state index in [2.05, 4.69) is 76.4 Å². The maximum atomic E-state index is 4.49. The summed E-state index contributed by atoms with van der Waals surface area (Å²) in [4.78, 5) is 5.30. The van der Waals surface area contributed by atoms with Gasteiger partial charge in [0.25, 0.3) is 0 Å². The number of piperazine rings is 1. The van der Waals surface area contributed by atoms with Crippen LogP contribution in [-0.2, 0) is 5.54 Å². The number of hydrogen-bond donors (Lipinski definition) is 0. The summed E-state index contributed by atoms with van der Waals surface area (Å²) in [7, 11) is 0. The SMILES string of the molecule is CC(C)(C)n1nnnc1C(c1ccccc1)N1CCN(C2CCCCC2)CC1. The second-order valence-electron chi connectivity index (χ2n) is 9.30. The summed E-state index contributed by atoms with van der Waals surface area (Å²) in [6.07, 6.45) is 6.98. The van der Waals surface area contributed by atoms with Crippen LogP contribution in [-0.4, -0.2) is 62.2 Å². The maximum absolute atomic E-state index is 4.49. The summed E-state index contributed by atoms with van der Waals surface area (Å²) in [5.41, 5.74) is 1.13. The highest BCUT2D eigenvalue weighted by molar-refractivity contribution is 5.25. The summed E-state index contributed by atoms with van der Waals surface area (Å²) in [5, 5.41) is 12.9. The van der Waals surface area contributed by atoms with Crippen LogP contribution in [0.15, 0.2) is 30.3 Å². The molecule has 1 unspecified atom stereocenters. The van der Waals surface area contributed by atoms with E-state index in [4.69, 9.17) is 0 Å². The summed E-state index contributed by atoms with van der Waals surface area (Å²) in [5.74, 6) is 0.949. The van der Waals surface area contributed by atoms with E-state index in [0.29, 0.717) is 0 Å². The van der Waals surface area contributed by atoms with Crippen molar-refractivity contribution in [1.82, 2.24) is 30.0 Å². The molecule has 28 heavy (non-hydrogen) atoms. The Bertz CT molecular complexity index is 736. The average molecular weight is 383 g/mol. The van der Waals surface area contributed by atoms with Gasteiger partial charge in [-0.15, -0.1) is 5.10 Å². The second kappa shape index (κ2) is 8.29. The lowest BCUT2D eigenvalue weighted by Crippen LogP contribution is -2.52. The van der Waals surface area contributed by atoms with E-state index in [1.165, 1.54) is 37.7 Å². The predicted octanol–water partition coefficient (Wildman–Crippen LogP) is 3.47. The molecule has 1 saturated heterocycles. The van der Waals surface area contributed by atoms with Crippen LogP contribution < -0.4 is 0 Å². The average Bonchev–Trinajstić information content (AvgIpc) is 3.20. The van der Waals surface area contributed by atoms with Gasteiger partial charge in [0, 0.05) is 32.2 Å². The smallest absolute Gasteiger partial charge is 0.173 e. The Labute approximate surface area is 168 Å². The molecule has 2 heterocycles. The molecule has 1 atom stereocenters. The molecule has 1 aliphatic heterocycles. The Balaban J connectivity index is 1.57. The molecular formula is C22H34N6. The molecule has 2 fully saturated rings. The van der Waals surface area contributed by atoms with Crippen molar-refractivity contribution in [3.63, 3.8) is 0 Å². The Morgan fingerprint density at radius 2 is 1.61 bits per heavy atom. The van der Waals surface area contributed by atoms with Crippen LogP contribution in [0.4, 0.5) is 0 Å². The van der Waals surface area contributed by atoms with Gasteiger partial charge in [-0.2, -0.15) is 0 Å². The Kier molecular flexibility index (Phi) is 5.78. The largest absolute Gasteiger partial charge is 0.298 e. The lowest BCUT2D eigenvalue weighted by molar-refractivity contribution is 0.0609. The fraction of sp³-hybridized carbons (Fsp3) is 0.682. The summed E-state index contributed by atoms with van der Waals surface area (Å²) in [6.45, 7) is 10.9. The van der Waals surface area contributed by atoms with Gasteiger partial charge >= 0.3 is 0 Å². The van der Waals surface area contributed by atoms with E-state index in [9.17, 15) is 0 Å². The van der Waals surface area contributed by atoms with Crippen molar-refractivity contribution in [2.24, 2.45) is 0 Å². The minimum Gasteiger partial charge on any atom is -0.298 e. The zero-order valence-electron chi connectivity index (χ0n) is 17.6. The number of hydrogen-bond acceptors (Lipinski definition) is 5. The summed E-state index contributed by atoms with van der Waals surface area (Å²) < 4.78 is 2.00. The maximum Gasteiger partial charge on any atom is 0.173 e. The van der Waals surface area contributed by atoms with Crippen molar-refractivity contribution in [1.29, 1.82) is 0 Å². The van der Waals surface area contributed by atoms with Crippen LogP contribution in [0.3, 0.4) is 0 Å². The molecule has 1 aliphatic carbocycles. The van der Waals surface area contributed by atoms with E-state index in [1.807, 2.05) is 4.68 Å². The zero-order valence-corrected chi connectivity index (χ0v) is 17.6. The van der Waals surface area contributed by atoms with Gasteiger partial charge in [-0.25, -0.2) is 4.68 Å². The Hall–Kier alpha value is -1.79. The molecule has 0 bridgehead atoms. The quantitative estimate of drug-likeness (QED) is 0.810. The highest BCUT2D eigenvalue weighted by Gasteiger charge is 2.34. The second-order valence-corrected chi connectivity index (χ2v) is 9.30. The standard InChI is InChI=1S/C22H34N6/c1-22(2,3)28-21(23-24-25-28)20(18-10-6-4-7-11-18)27-16-14-26(15-17-27)19-12-8-5-9-13-19/h4,6-7,10-11,19-20H,5,8-9,12-17H2,1-3H3. The van der Waals surface area contributed by atoms with Crippen molar-refractivity contribution >= 4 is 0 Å². The Morgan fingerprint density at radius 3 is 2.25 bits per heavy atom. The lowest BCUT2D eigenvalue weighted by atomic mass is 9.93. The summed E-state index contributed by atoms with van der Waals surface area (Å²) >= 11 is 0. The minimum atomic E-state index is -0.143. The molecule has 1 aromatic carbocycles. The molecule has 2 aliphatic rings. The van der Waals surface area contributed by atoms with Crippen LogP contribution >= 0.6 is 0 Å². The molecular weight excluding hydrogens is 348 g/mol. The number of benzene rings is 1. The monoisotopic (exact) mass is 382 g/mol. The number of nitrogens with zero attached hydrogens (tertiary/aromatic N) is 6. The zero-order chi connectivity index (χ0) is 19.6. The molecule has 0 spiro atoms. The van der Waals surface area contributed by atoms with Gasteiger partial charge in [0.15, 0.2) is 5.82 Å². The Morgan fingerprint density at radius 1 is 0.929 bits per heavy atom. The van der Waals surface area contributed by atoms with Crippen LogP contribution in [0.2, 0.25) is 0 Å². The van der Waals surface area contributed by atoms with Crippen LogP contribution in [0.1, 0.15) is 70.3 Å². The van der Waals surface area contributed by atoms with Gasteiger partial charge < -0.3 is 0 Å². The highest BCUT2D eigenvalue weighted by Crippen LogP contribution is 2.31. The molecule has 6 nitrogen and oxygen atoms in total. The van der Waals surface area contributed by atoms with Crippen molar-refractivity contribution < 1.29 is 0 Å². The van der Waals surface area contributed by atoms with Gasteiger partial charge in [-0.3, -0.25) is 9.80 Å². The molecule has 1 aromatic heterocycles. The predicted molar refractivity (Wildman–Crippen MR) is 111 cm³/mol. The van der Waals surface area contributed by atoms with E-state index >= 15 is 0 Å². The molecule has 152 valence electrons. The third-order valence-corrected chi connectivity index (χ3v) is 6.29. The fourth-order valence-corrected chi connectivity index (χ4v) is 4.81. The molecule has 6 heteroatoms. The van der Waals surface area contributed by atoms with E-state index in [-0.39, 0.29) is 11.6 Å². The molecule has 4 rings (SSSR count). The van der Waals surface area contributed by atoms with Gasteiger partial charge in [-0.1, -0.05) is 49.6 Å². The first-order valence-corrected chi connectivity index (χ1v) is 10.9. The third-order valence-electron chi connectivity index (χ3n) is 6.29. The molecule has 0 N–H and O–H groups in total. The molecule has 0 amide bonds. The van der Waals surface area contributed by atoms with Crippen molar-refractivity contribution in [3.05, 3.63) is 41.7 Å².